The van der Waals surface area contributed by atoms with Gasteiger partial charge in [-0.2, -0.15) is 0 Å². The van der Waals surface area contributed by atoms with Gasteiger partial charge in [0.15, 0.2) is 5.79 Å². The van der Waals surface area contributed by atoms with Gasteiger partial charge in [-0.15, -0.1) is 0 Å². The summed E-state index contributed by atoms with van der Waals surface area (Å²) in [5, 5.41) is 8.71. The summed E-state index contributed by atoms with van der Waals surface area (Å²) in [6.45, 7) is 4.10. The summed E-state index contributed by atoms with van der Waals surface area (Å²) in [7, 11) is 0. The number of ether oxygens (including phenoxy) is 3. The second-order valence-electron chi connectivity index (χ2n) is 4.60. The number of fused-ring (bicyclic) bond motifs is 1. The Bertz CT molecular complexity index is 233. The van der Waals surface area contributed by atoms with Crippen molar-refractivity contribution in [2.75, 3.05) is 13.2 Å². The second kappa shape index (κ2) is 3.99. The maximum atomic E-state index is 8.71. The molecule has 2 rings (SSSR count). The standard InChI is InChI=1S/C10H19NO4/c1-10(2)14-8-6(11)5-7(9(8)15-10)13-4-3-12/h6-9,12H,3-5,11H2,1-2H3/t6-,7-,8+,9+/m0/s1. The van der Waals surface area contributed by atoms with Crippen LogP contribution >= 0.6 is 0 Å². The van der Waals surface area contributed by atoms with Crippen LogP contribution in [0, 0.1) is 0 Å². The molecule has 2 aliphatic rings. The first-order valence-electron chi connectivity index (χ1n) is 5.37. The van der Waals surface area contributed by atoms with E-state index in [-0.39, 0.29) is 31.0 Å². The van der Waals surface area contributed by atoms with E-state index in [0.717, 1.165) is 6.42 Å². The maximum absolute atomic E-state index is 8.71. The lowest BCUT2D eigenvalue weighted by Gasteiger charge is -2.22. The van der Waals surface area contributed by atoms with Crippen LogP contribution in [0.2, 0.25) is 0 Å². The van der Waals surface area contributed by atoms with E-state index in [9.17, 15) is 0 Å². The fourth-order valence-corrected chi connectivity index (χ4v) is 2.34. The van der Waals surface area contributed by atoms with Gasteiger partial charge in [0, 0.05) is 6.04 Å². The number of hydrogen-bond donors (Lipinski definition) is 2. The average Bonchev–Trinajstić information content (AvgIpc) is 2.60. The highest BCUT2D eigenvalue weighted by Gasteiger charge is 2.53. The van der Waals surface area contributed by atoms with E-state index in [1.54, 1.807) is 0 Å². The molecule has 1 heterocycles. The van der Waals surface area contributed by atoms with Gasteiger partial charge in [-0.1, -0.05) is 0 Å². The van der Waals surface area contributed by atoms with Crippen LogP contribution in [0.1, 0.15) is 20.3 Å². The average molecular weight is 217 g/mol. The van der Waals surface area contributed by atoms with Crippen LogP contribution in [0.3, 0.4) is 0 Å². The molecule has 2 fully saturated rings. The predicted molar refractivity (Wildman–Crippen MR) is 53.2 cm³/mol. The molecule has 0 bridgehead atoms. The zero-order chi connectivity index (χ0) is 11.1. The lowest BCUT2D eigenvalue weighted by molar-refractivity contribution is -0.168. The Kier molecular flexibility index (Phi) is 3.00. The number of aliphatic hydroxyl groups excluding tert-OH is 1. The highest BCUT2D eigenvalue weighted by Crippen LogP contribution is 2.38. The molecule has 3 N–H and O–H groups in total. The third-order valence-electron chi connectivity index (χ3n) is 2.88. The largest absolute Gasteiger partial charge is 0.394 e. The van der Waals surface area contributed by atoms with E-state index in [2.05, 4.69) is 0 Å². The van der Waals surface area contributed by atoms with Gasteiger partial charge in [0.25, 0.3) is 0 Å². The molecule has 5 heteroatoms. The predicted octanol–water partition coefficient (Wildman–Crippen LogP) is -0.385. The Hall–Kier alpha value is -0.200. The zero-order valence-electron chi connectivity index (χ0n) is 9.18. The van der Waals surface area contributed by atoms with Gasteiger partial charge in [-0.3, -0.25) is 0 Å². The van der Waals surface area contributed by atoms with Crippen LogP contribution in [-0.4, -0.2) is 48.5 Å². The SMILES string of the molecule is CC1(C)O[C@H]2[C@H](O1)[C@@H](N)C[C@@H]2OCCO. The summed E-state index contributed by atoms with van der Waals surface area (Å²) in [5.74, 6) is -0.575. The lowest BCUT2D eigenvalue weighted by Crippen LogP contribution is -2.35. The smallest absolute Gasteiger partial charge is 0.163 e. The van der Waals surface area contributed by atoms with E-state index in [1.807, 2.05) is 13.8 Å². The normalized spacial score (nSPS) is 43.2. The molecule has 0 aromatic rings. The molecule has 5 nitrogen and oxygen atoms in total. The molecule has 4 atom stereocenters. The molecule has 1 aliphatic heterocycles. The molecule has 88 valence electrons. The number of hydrogen-bond acceptors (Lipinski definition) is 5. The molecule has 0 aromatic heterocycles. The van der Waals surface area contributed by atoms with Crippen molar-refractivity contribution >= 4 is 0 Å². The molecule has 0 unspecified atom stereocenters. The lowest BCUT2D eigenvalue weighted by atomic mass is 10.2. The van der Waals surface area contributed by atoms with E-state index < -0.39 is 5.79 Å². The van der Waals surface area contributed by atoms with Crippen molar-refractivity contribution in [1.82, 2.24) is 0 Å². The van der Waals surface area contributed by atoms with Gasteiger partial charge < -0.3 is 25.1 Å². The quantitative estimate of drug-likeness (QED) is 0.674. The van der Waals surface area contributed by atoms with Crippen molar-refractivity contribution in [1.29, 1.82) is 0 Å². The fourth-order valence-electron chi connectivity index (χ4n) is 2.34. The Balaban J connectivity index is 1.99. The summed E-state index contributed by atoms with van der Waals surface area (Å²) >= 11 is 0. The minimum absolute atomic E-state index is 0.0212. The van der Waals surface area contributed by atoms with Gasteiger partial charge >= 0.3 is 0 Å². The first-order valence-corrected chi connectivity index (χ1v) is 5.37. The number of nitrogens with two attached hydrogens (primary N) is 1. The molecule has 1 aliphatic carbocycles. The van der Waals surface area contributed by atoms with Gasteiger partial charge in [0.1, 0.15) is 12.2 Å². The Morgan fingerprint density at radius 1 is 1.40 bits per heavy atom. The summed E-state index contributed by atoms with van der Waals surface area (Å²) in [6, 6.07) is -0.0412. The minimum Gasteiger partial charge on any atom is -0.394 e. The molecule has 15 heavy (non-hydrogen) atoms. The number of aliphatic hydroxyl groups is 1. The third kappa shape index (κ3) is 2.16. The van der Waals surface area contributed by atoms with Crippen LogP contribution < -0.4 is 5.73 Å². The first kappa shape index (κ1) is 11.3. The van der Waals surface area contributed by atoms with Crippen LogP contribution in [0.25, 0.3) is 0 Å². The Morgan fingerprint density at radius 3 is 2.73 bits per heavy atom. The topological polar surface area (TPSA) is 73.9 Å². The third-order valence-corrected chi connectivity index (χ3v) is 2.88. The van der Waals surface area contributed by atoms with Crippen molar-refractivity contribution in [2.24, 2.45) is 5.73 Å². The molecule has 0 radical (unpaired) electrons. The van der Waals surface area contributed by atoms with Crippen molar-refractivity contribution in [3.05, 3.63) is 0 Å². The number of rotatable bonds is 3. The van der Waals surface area contributed by atoms with Crippen LogP contribution in [0.4, 0.5) is 0 Å². The van der Waals surface area contributed by atoms with Gasteiger partial charge in [-0.25, -0.2) is 0 Å². The highest BCUT2D eigenvalue weighted by atomic mass is 16.8. The molecule has 0 amide bonds. The monoisotopic (exact) mass is 217 g/mol. The van der Waals surface area contributed by atoms with E-state index >= 15 is 0 Å². The zero-order valence-corrected chi connectivity index (χ0v) is 9.18. The van der Waals surface area contributed by atoms with Crippen molar-refractivity contribution < 1.29 is 19.3 Å². The molecule has 1 saturated carbocycles. The fraction of sp³-hybridized carbons (Fsp3) is 1.00. The molecule has 0 spiro atoms. The van der Waals surface area contributed by atoms with E-state index in [0.29, 0.717) is 6.61 Å². The van der Waals surface area contributed by atoms with Crippen LogP contribution in [0.5, 0.6) is 0 Å². The minimum atomic E-state index is -0.575. The van der Waals surface area contributed by atoms with E-state index in [4.69, 9.17) is 25.1 Å². The van der Waals surface area contributed by atoms with Gasteiger partial charge in [-0.05, 0) is 20.3 Å². The van der Waals surface area contributed by atoms with E-state index in [1.165, 1.54) is 0 Å². The van der Waals surface area contributed by atoms with Gasteiger partial charge in [0.2, 0.25) is 0 Å². The highest BCUT2D eigenvalue weighted by molar-refractivity contribution is 5.01. The summed E-state index contributed by atoms with van der Waals surface area (Å²) in [6.07, 6.45) is 0.495. The summed E-state index contributed by atoms with van der Waals surface area (Å²) in [5.41, 5.74) is 5.96. The first-order chi connectivity index (χ1) is 7.03. The van der Waals surface area contributed by atoms with Crippen molar-refractivity contribution in [3.63, 3.8) is 0 Å². The second-order valence-corrected chi connectivity index (χ2v) is 4.60. The summed E-state index contributed by atoms with van der Waals surface area (Å²) < 4.78 is 16.9. The van der Waals surface area contributed by atoms with Crippen LogP contribution in [-0.2, 0) is 14.2 Å². The molecular formula is C10H19NO4. The van der Waals surface area contributed by atoms with Gasteiger partial charge in [0.05, 0.1) is 19.3 Å². The molecule has 1 saturated heterocycles. The van der Waals surface area contributed by atoms with Crippen molar-refractivity contribution in [3.8, 4) is 0 Å². The van der Waals surface area contributed by atoms with Crippen molar-refractivity contribution in [2.45, 2.75) is 50.4 Å². The Morgan fingerprint density at radius 2 is 2.07 bits per heavy atom. The van der Waals surface area contributed by atoms with Crippen LogP contribution in [0.15, 0.2) is 0 Å². The molecular weight excluding hydrogens is 198 g/mol. The Labute approximate surface area is 89.5 Å². The molecule has 0 aromatic carbocycles. The summed E-state index contributed by atoms with van der Waals surface area (Å²) in [4.78, 5) is 0. The maximum Gasteiger partial charge on any atom is 0.163 e.